The molecule has 0 amide bonds. The number of hydrogen-bond donors (Lipinski definition) is 0. The fourth-order valence-electron chi connectivity index (χ4n) is 3.99. The zero-order valence-corrected chi connectivity index (χ0v) is 22.3. The van der Waals surface area contributed by atoms with Crippen LogP contribution < -0.4 is 0 Å². The fraction of sp³-hybridized carbons (Fsp3) is 0.929. The molecule has 196 valence electrons. The summed E-state index contributed by atoms with van der Waals surface area (Å²) in [5.74, 6) is -0.522. The SMILES string of the molecule is CCCCCCCCC(CCCCCCCC)OC(=O)CCCCCOC(=O)C(C)COC. The zero-order valence-electron chi connectivity index (χ0n) is 22.3. The molecule has 0 N–H and O–H groups in total. The van der Waals surface area contributed by atoms with Gasteiger partial charge in [0.25, 0.3) is 0 Å². The van der Waals surface area contributed by atoms with E-state index in [0.29, 0.717) is 19.6 Å². The van der Waals surface area contributed by atoms with Crippen molar-refractivity contribution in [2.75, 3.05) is 20.3 Å². The molecule has 0 aromatic heterocycles. The van der Waals surface area contributed by atoms with Crippen LogP contribution in [0.25, 0.3) is 0 Å². The van der Waals surface area contributed by atoms with Crippen molar-refractivity contribution in [3.05, 3.63) is 0 Å². The molecule has 0 aliphatic carbocycles. The summed E-state index contributed by atoms with van der Waals surface area (Å²) in [6, 6.07) is 0. The third-order valence-electron chi connectivity index (χ3n) is 6.15. The van der Waals surface area contributed by atoms with Crippen LogP contribution in [0.4, 0.5) is 0 Å². The quantitative estimate of drug-likeness (QED) is 0.106. The average molecular weight is 471 g/mol. The number of ether oxygens (including phenoxy) is 3. The van der Waals surface area contributed by atoms with E-state index in [1.54, 1.807) is 14.0 Å². The van der Waals surface area contributed by atoms with E-state index in [1.807, 2.05) is 0 Å². The molecule has 5 heteroatoms. The molecule has 0 rings (SSSR count). The number of carbonyl (C=O) groups is 2. The standard InChI is InChI=1S/C28H54O5/c1-5-7-9-11-13-16-20-26(21-17-14-12-10-8-6-2)33-27(29)22-18-15-19-23-32-28(30)25(3)24-31-4/h25-26H,5-24H2,1-4H3. The molecular formula is C28H54O5. The Labute approximate surface area is 204 Å². The number of hydrogen-bond acceptors (Lipinski definition) is 5. The molecule has 0 aromatic carbocycles. The van der Waals surface area contributed by atoms with Crippen LogP contribution in [0.1, 0.15) is 136 Å². The maximum Gasteiger partial charge on any atom is 0.310 e. The number of esters is 2. The number of unbranched alkanes of at least 4 members (excludes halogenated alkanes) is 12. The molecule has 0 aliphatic rings. The fourth-order valence-corrected chi connectivity index (χ4v) is 3.99. The van der Waals surface area contributed by atoms with Gasteiger partial charge in [-0.2, -0.15) is 0 Å². The van der Waals surface area contributed by atoms with Gasteiger partial charge in [-0.15, -0.1) is 0 Å². The average Bonchev–Trinajstić information content (AvgIpc) is 2.80. The third kappa shape index (κ3) is 21.2. The lowest BCUT2D eigenvalue weighted by Gasteiger charge is -2.18. The van der Waals surface area contributed by atoms with Crippen molar-refractivity contribution in [2.45, 2.75) is 142 Å². The molecule has 0 bridgehead atoms. The Hall–Kier alpha value is -1.10. The van der Waals surface area contributed by atoms with Crippen molar-refractivity contribution in [1.29, 1.82) is 0 Å². The Balaban J connectivity index is 4.07. The van der Waals surface area contributed by atoms with Crippen LogP contribution in [0.5, 0.6) is 0 Å². The van der Waals surface area contributed by atoms with Gasteiger partial charge < -0.3 is 14.2 Å². The highest BCUT2D eigenvalue weighted by Crippen LogP contribution is 2.18. The van der Waals surface area contributed by atoms with Crippen LogP contribution in [0.3, 0.4) is 0 Å². The molecular weight excluding hydrogens is 416 g/mol. The van der Waals surface area contributed by atoms with Crippen LogP contribution in [0, 0.1) is 5.92 Å². The van der Waals surface area contributed by atoms with Crippen molar-refractivity contribution in [3.8, 4) is 0 Å². The van der Waals surface area contributed by atoms with Gasteiger partial charge >= 0.3 is 11.9 Å². The summed E-state index contributed by atoms with van der Waals surface area (Å²) in [6.45, 7) is 7.07. The molecule has 0 heterocycles. The second kappa shape index (κ2) is 24.0. The minimum absolute atomic E-state index is 0.0670. The van der Waals surface area contributed by atoms with E-state index in [1.165, 1.54) is 64.2 Å². The second-order valence-electron chi connectivity index (χ2n) is 9.56. The van der Waals surface area contributed by atoms with Gasteiger partial charge in [-0.05, 0) is 51.9 Å². The summed E-state index contributed by atoms with van der Waals surface area (Å²) < 4.78 is 16.1. The molecule has 5 nitrogen and oxygen atoms in total. The normalized spacial score (nSPS) is 12.2. The van der Waals surface area contributed by atoms with Gasteiger partial charge in [0.15, 0.2) is 0 Å². The highest BCUT2D eigenvalue weighted by molar-refractivity contribution is 5.72. The molecule has 1 unspecified atom stereocenters. The van der Waals surface area contributed by atoms with Gasteiger partial charge in [0.1, 0.15) is 6.10 Å². The van der Waals surface area contributed by atoms with Gasteiger partial charge in [-0.1, -0.05) is 78.1 Å². The van der Waals surface area contributed by atoms with Gasteiger partial charge in [0.2, 0.25) is 0 Å². The van der Waals surface area contributed by atoms with E-state index >= 15 is 0 Å². The van der Waals surface area contributed by atoms with Gasteiger partial charge in [-0.3, -0.25) is 9.59 Å². The Morgan fingerprint density at radius 1 is 0.697 bits per heavy atom. The summed E-state index contributed by atoms with van der Waals surface area (Å²) in [6.07, 6.45) is 20.2. The summed E-state index contributed by atoms with van der Waals surface area (Å²) in [5, 5.41) is 0. The maximum atomic E-state index is 12.4. The largest absolute Gasteiger partial charge is 0.465 e. The second-order valence-corrected chi connectivity index (χ2v) is 9.56. The third-order valence-corrected chi connectivity index (χ3v) is 6.15. The van der Waals surface area contributed by atoms with Crippen LogP contribution in [-0.4, -0.2) is 38.4 Å². The zero-order chi connectivity index (χ0) is 24.6. The minimum Gasteiger partial charge on any atom is -0.465 e. The predicted octanol–water partition coefficient (Wildman–Crippen LogP) is 7.79. The highest BCUT2D eigenvalue weighted by atomic mass is 16.5. The van der Waals surface area contributed by atoms with Crippen LogP contribution in [0.2, 0.25) is 0 Å². The first-order valence-electron chi connectivity index (χ1n) is 13.9. The Morgan fingerprint density at radius 2 is 1.21 bits per heavy atom. The first-order chi connectivity index (χ1) is 16.0. The lowest BCUT2D eigenvalue weighted by molar-refractivity contribution is -0.151. The molecule has 0 aliphatic heterocycles. The van der Waals surface area contributed by atoms with Gasteiger partial charge in [0.05, 0.1) is 19.1 Å². The van der Waals surface area contributed by atoms with Crippen molar-refractivity contribution in [1.82, 2.24) is 0 Å². The Kier molecular flexibility index (Phi) is 23.2. The highest BCUT2D eigenvalue weighted by Gasteiger charge is 2.15. The van der Waals surface area contributed by atoms with Crippen LogP contribution in [0.15, 0.2) is 0 Å². The Morgan fingerprint density at radius 3 is 1.76 bits per heavy atom. The van der Waals surface area contributed by atoms with Crippen LogP contribution in [-0.2, 0) is 23.8 Å². The molecule has 0 saturated heterocycles. The first-order valence-corrected chi connectivity index (χ1v) is 13.9. The molecule has 1 atom stereocenters. The number of carbonyl (C=O) groups excluding carboxylic acids is 2. The summed E-state index contributed by atoms with van der Waals surface area (Å²) in [7, 11) is 1.58. The molecule has 0 saturated carbocycles. The topological polar surface area (TPSA) is 61.8 Å². The predicted molar refractivity (Wildman–Crippen MR) is 136 cm³/mol. The monoisotopic (exact) mass is 470 g/mol. The summed E-state index contributed by atoms with van der Waals surface area (Å²) in [4.78, 5) is 24.1. The summed E-state index contributed by atoms with van der Waals surface area (Å²) >= 11 is 0. The van der Waals surface area contributed by atoms with E-state index < -0.39 is 0 Å². The van der Waals surface area contributed by atoms with Crippen molar-refractivity contribution in [2.24, 2.45) is 5.92 Å². The smallest absolute Gasteiger partial charge is 0.310 e. The van der Waals surface area contributed by atoms with Gasteiger partial charge in [0, 0.05) is 13.5 Å². The van der Waals surface area contributed by atoms with E-state index in [9.17, 15) is 9.59 Å². The number of methoxy groups -OCH3 is 1. The lowest BCUT2D eigenvalue weighted by Crippen LogP contribution is -2.19. The first kappa shape index (κ1) is 31.9. The van der Waals surface area contributed by atoms with E-state index in [4.69, 9.17) is 14.2 Å². The number of rotatable bonds is 24. The van der Waals surface area contributed by atoms with E-state index in [2.05, 4.69) is 13.8 Å². The minimum atomic E-state index is -0.236. The molecule has 0 aromatic rings. The lowest BCUT2D eigenvalue weighted by atomic mass is 10.0. The summed E-state index contributed by atoms with van der Waals surface area (Å²) in [5.41, 5.74) is 0. The molecule has 0 spiro atoms. The molecule has 33 heavy (non-hydrogen) atoms. The maximum absolute atomic E-state index is 12.4. The van der Waals surface area contributed by atoms with E-state index in [0.717, 1.165) is 44.9 Å². The molecule has 0 fully saturated rings. The van der Waals surface area contributed by atoms with E-state index in [-0.39, 0.29) is 24.0 Å². The van der Waals surface area contributed by atoms with Gasteiger partial charge in [-0.25, -0.2) is 0 Å². The van der Waals surface area contributed by atoms with Crippen molar-refractivity contribution < 1.29 is 23.8 Å². The van der Waals surface area contributed by atoms with Crippen molar-refractivity contribution in [3.63, 3.8) is 0 Å². The Bertz CT molecular complexity index is 436. The van der Waals surface area contributed by atoms with Crippen LogP contribution >= 0.6 is 0 Å². The van der Waals surface area contributed by atoms with Crippen molar-refractivity contribution >= 4 is 11.9 Å². The molecule has 0 radical (unpaired) electrons.